The van der Waals surface area contributed by atoms with Gasteiger partial charge in [-0.1, -0.05) is 46.3 Å². The zero-order chi connectivity index (χ0) is 22.2. The van der Waals surface area contributed by atoms with E-state index in [0.717, 1.165) is 15.7 Å². The third-order valence-electron chi connectivity index (χ3n) is 5.74. The van der Waals surface area contributed by atoms with Crippen LogP contribution >= 0.6 is 15.9 Å². The summed E-state index contributed by atoms with van der Waals surface area (Å²) >= 11 is 3.46. The van der Waals surface area contributed by atoms with Crippen LogP contribution in [0.2, 0.25) is 0 Å². The number of carbonyl (C=O) groups excluding carboxylic acids is 2. The molecule has 3 aromatic rings. The molecule has 3 aromatic carbocycles. The first-order valence-corrected chi connectivity index (χ1v) is 11.2. The van der Waals surface area contributed by atoms with Crippen molar-refractivity contribution < 1.29 is 19.2 Å². The Labute approximate surface area is 194 Å². The normalized spacial score (nSPS) is 22.4. The summed E-state index contributed by atoms with van der Waals surface area (Å²) in [5.74, 6) is -0.592. The van der Waals surface area contributed by atoms with Crippen molar-refractivity contribution in [2.45, 2.75) is 19.1 Å². The number of hydroxylamine groups is 1. The lowest BCUT2D eigenvalue weighted by atomic mass is 9.90. The average molecular weight is 493 g/mol. The van der Waals surface area contributed by atoms with Gasteiger partial charge in [0.2, 0.25) is 5.91 Å². The first kappa shape index (κ1) is 20.7. The quantitative estimate of drug-likeness (QED) is 0.474. The van der Waals surface area contributed by atoms with Crippen molar-refractivity contribution >= 4 is 39.1 Å². The number of carbonyl (C=O) groups is 2. The molecule has 7 heteroatoms. The molecule has 3 atom stereocenters. The van der Waals surface area contributed by atoms with Crippen LogP contribution in [0.5, 0.6) is 5.75 Å². The van der Waals surface area contributed by atoms with Crippen molar-refractivity contribution in [2.75, 3.05) is 16.6 Å². The summed E-state index contributed by atoms with van der Waals surface area (Å²) in [7, 11) is 0. The number of para-hydroxylation sites is 1. The monoisotopic (exact) mass is 492 g/mol. The summed E-state index contributed by atoms with van der Waals surface area (Å²) in [5, 5.41) is 1.70. The minimum absolute atomic E-state index is 0.268. The van der Waals surface area contributed by atoms with Crippen LogP contribution in [0.25, 0.3) is 0 Å². The van der Waals surface area contributed by atoms with Gasteiger partial charge in [0, 0.05) is 4.47 Å². The van der Waals surface area contributed by atoms with Crippen LogP contribution in [0.3, 0.4) is 0 Å². The number of hydrogen-bond acceptors (Lipinski definition) is 5. The van der Waals surface area contributed by atoms with Gasteiger partial charge in [-0.2, -0.15) is 0 Å². The second kappa shape index (κ2) is 8.41. The molecule has 0 radical (unpaired) electrons. The number of ether oxygens (including phenoxy) is 1. The summed E-state index contributed by atoms with van der Waals surface area (Å²) < 4.78 is 6.41. The lowest BCUT2D eigenvalue weighted by Gasteiger charge is -2.28. The molecule has 0 unspecified atom stereocenters. The Kier molecular flexibility index (Phi) is 5.45. The zero-order valence-electron chi connectivity index (χ0n) is 17.4. The maximum Gasteiger partial charge on any atom is 0.266 e. The molecule has 32 heavy (non-hydrogen) atoms. The largest absolute Gasteiger partial charge is 0.494 e. The van der Waals surface area contributed by atoms with Crippen LogP contribution in [-0.2, 0) is 14.4 Å². The van der Waals surface area contributed by atoms with E-state index < -0.39 is 18.1 Å². The van der Waals surface area contributed by atoms with E-state index in [1.165, 1.54) is 4.90 Å². The number of rotatable bonds is 5. The lowest BCUT2D eigenvalue weighted by Crippen LogP contribution is -2.37. The number of halogens is 1. The van der Waals surface area contributed by atoms with Gasteiger partial charge in [0.15, 0.2) is 6.10 Å². The highest BCUT2D eigenvalue weighted by Crippen LogP contribution is 2.47. The molecular weight excluding hydrogens is 472 g/mol. The fourth-order valence-electron chi connectivity index (χ4n) is 4.32. The zero-order valence-corrected chi connectivity index (χ0v) is 18.9. The van der Waals surface area contributed by atoms with Crippen molar-refractivity contribution in [2.24, 2.45) is 5.92 Å². The van der Waals surface area contributed by atoms with E-state index in [-0.39, 0.29) is 11.8 Å². The van der Waals surface area contributed by atoms with Crippen LogP contribution in [-0.4, -0.2) is 24.5 Å². The van der Waals surface area contributed by atoms with E-state index in [1.807, 2.05) is 61.5 Å². The molecule has 2 fully saturated rings. The number of hydrogen-bond donors (Lipinski definition) is 0. The Hall–Kier alpha value is -3.16. The molecule has 0 saturated carbocycles. The van der Waals surface area contributed by atoms with Gasteiger partial charge in [-0.25, -0.2) is 9.96 Å². The highest BCUT2D eigenvalue weighted by Gasteiger charge is 2.60. The Morgan fingerprint density at radius 1 is 0.875 bits per heavy atom. The van der Waals surface area contributed by atoms with E-state index in [4.69, 9.17) is 9.57 Å². The molecular formula is C25H21BrN2O4. The third kappa shape index (κ3) is 3.47. The van der Waals surface area contributed by atoms with E-state index in [0.29, 0.717) is 18.0 Å². The third-order valence-corrected chi connectivity index (χ3v) is 6.27. The smallest absolute Gasteiger partial charge is 0.266 e. The molecule has 2 saturated heterocycles. The highest BCUT2D eigenvalue weighted by molar-refractivity contribution is 9.10. The predicted molar refractivity (Wildman–Crippen MR) is 124 cm³/mol. The van der Waals surface area contributed by atoms with E-state index >= 15 is 0 Å². The Balaban J connectivity index is 1.53. The van der Waals surface area contributed by atoms with Crippen molar-refractivity contribution in [1.29, 1.82) is 0 Å². The molecule has 0 aliphatic carbocycles. The van der Waals surface area contributed by atoms with E-state index in [2.05, 4.69) is 15.9 Å². The molecule has 0 spiro atoms. The summed E-state index contributed by atoms with van der Waals surface area (Å²) in [6, 6.07) is 23.8. The van der Waals surface area contributed by atoms with Crippen LogP contribution in [0, 0.1) is 5.92 Å². The van der Waals surface area contributed by atoms with Crippen molar-refractivity contribution in [3.63, 3.8) is 0 Å². The van der Waals surface area contributed by atoms with Gasteiger partial charge in [0.1, 0.15) is 11.7 Å². The van der Waals surface area contributed by atoms with Gasteiger partial charge >= 0.3 is 0 Å². The van der Waals surface area contributed by atoms with E-state index in [9.17, 15) is 9.59 Å². The standard InChI is InChI=1S/C25H21BrN2O4/c1-2-31-20-14-12-18(13-15-20)27-24(29)21-22(16-8-10-17(26)11-9-16)28(32-23(21)25(27)30)19-6-4-3-5-7-19/h3-15,21-23H,2H2,1H3/t21-,22+,23+/m0/s1. The highest BCUT2D eigenvalue weighted by atomic mass is 79.9. The molecule has 5 rings (SSSR count). The molecule has 0 aromatic heterocycles. The number of nitrogens with zero attached hydrogens (tertiary/aromatic N) is 2. The second-order valence-corrected chi connectivity index (χ2v) is 8.56. The van der Waals surface area contributed by atoms with Crippen molar-refractivity contribution in [3.05, 3.63) is 88.9 Å². The van der Waals surface area contributed by atoms with Gasteiger partial charge in [0.05, 0.1) is 24.0 Å². The maximum absolute atomic E-state index is 13.6. The van der Waals surface area contributed by atoms with E-state index in [1.54, 1.807) is 29.3 Å². The topological polar surface area (TPSA) is 59.1 Å². The summed E-state index contributed by atoms with van der Waals surface area (Å²) in [6.45, 7) is 2.45. The minimum atomic E-state index is -0.886. The van der Waals surface area contributed by atoms with Gasteiger partial charge in [-0.05, 0) is 61.0 Å². The van der Waals surface area contributed by atoms with Crippen molar-refractivity contribution in [1.82, 2.24) is 0 Å². The maximum atomic E-state index is 13.6. The lowest BCUT2D eigenvalue weighted by molar-refractivity contribution is -0.126. The average Bonchev–Trinajstić information content (AvgIpc) is 3.32. The molecule has 162 valence electrons. The molecule has 2 aliphatic rings. The molecule has 2 aliphatic heterocycles. The number of amides is 2. The minimum Gasteiger partial charge on any atom is -0.494 e. The van der Waals surface area contributed by atoms with Crippen LogP contribution in [0.1, 0.15) is 18.5 Å². The molecule has 2 amide bonds. The number of benzene rings is 3. The van der Waals surface area contributed by atoms with Gasteiger partial charge in [0.25, 0.3) is 5.91 Å². The van der Waals surface area contributed by atoms with Gasteiger partial charge in [-0.3, -0.25) is 14.4 Å². The summed E-state index contributed by atoms with van der Waals surface area (Å²) in [4.78, 5) is 34.3. The van der Waals surface area contributed by atoms with Crippen molar-refractivity contribution in [3.8, 4) is 5.75 Å². The second-order valence-electron chi connectivity index (χ2n) is 7.65. The molecule has 0 bridgehead atoms. The number of imide groups is 1. The molecule has 2 heterocycles. The van der Waals surface area contributed by atoms with Crippen LogP contribution in [0.15, 0.2) is 83.3 Å². The fourth-order valence-corrected chi connectivity index (χ4v) is 4.59. The van der Waals surface area contributed by atoms with Gasteiger partial charge in [-0.15, -0.1) is 0 Å². The van der Waals surface area contributed by atoms with Gasteiger partial charge < -0.3 is 4.74 Å². The Bertz CT molecular complexity index is 1130. The predicted octanol–water partition coefficient (Wildman–Crippen LogP) is 4.90. The summed E-state index contributed by atoms with van der Waals surface area (Å²) in [5.41, 5.74) is 2.21. The Morgan fingerprint density at radius 3 is 2.22 bits per heavy atom. The SMILES string of the molecule is CCOc1ccc(N2C(=O)[C@H]3[C@@H](c4ccc(Br)cc4)N(c4ccccc4)O[C@H]3C2=O)cc1. The first-order valence-electron chi connectivity index (χ1n) is 10.5. The van der Waals surface area contributed by atoms with Crippen LogP contribution < -0.4 is 14.7 Å². The Morgan fingerprint density at radius 2 is 1.56 bits per heavy atom. The molecule has 0 N–H and O–H groups in total. The number of fused-ring (bicyclic) bond motifs is 1. The van der Waals surface area contributed by atoms with Crippen LogP contribution in [0.4, 0.5) is 11.4 Å². The number of anilines is 2. The summed E-state index contributed by atoms with van der Waals surface area (Å²) in [6.07, 6.45) is -0.886. The first-order chi connectivity index (χ1) is 15.6. The fraction of sp³-hybridized carbons (Fsp3) is 0.200. The molecule has 6 nitrogen and oxygen atoms in total.